The SMILES string of the molecule is Cc1ccc(OC[C@@H](O)CN2C[C@@H](C)O[C@@H](C)C2)c(C(C)(C)C)c1. The van der Waals surface area contributed by atoms with Crippen molar-refractivity contribution in [1.29, 1.82) is 0 Å². The number of aryl methyl sites for hydroxylation is 1. The Bertz CT molecular complexity index is 528. The molecule has 0 saturated carbocycles. The van der Waals surface area contributed by atoms with Gasteiger partial charge < -0.3 is 14.6 Å². The molecule has 1 fully saturated rings. The van der Waals surface area contributed by atoms with Crippen molar-refractivity contribution in [2.45, 2.75) is 65.3 Å². The number of ether oxygens (including phenoxy) is 2. The predicted octanol–water partition coefficient (Wildman–Crippen LogP) is 3.14. The minimum Gasteiger partial charge on any atom is -0.491 e. The van der Waals surface area contributed by atoms with E-state index in [0.29, 0.717) is 13.2 Å². The second-order valence-electron chi connectivity index (χ2n) is 8.19. The van der Waals surface area contributed by atoms with Crippen molar-refractivity contribution in [2.75, 3.05) is 26.2 Å². The van der Waals surface area contributed by atoms with Gasteiger partial charge in [-0.3, -0.25) is 4.90 Å². The second-order valence-corrected chi connectivity index (χ2v) is 8.19. The van der Waals surface area contributed by atoms with Crippen LogP contribution >= 0.6 is 0 Å². The maximum absolute atomic E-state index is 10.4. The predicted molar refractivity (Wildman–Crippen MR) is 97.8 cm³/mol. The maximum Gasteiger partial charge on any atom is 0.123 e. The van der Waals surface area contributed by atoms with Gasteiger partial charge in [-0.25, -0.2) is 0 Å². The molecule has 136 valence electrons. The first-order valence-electron chi connectivity index (χ1n) is 8.95. The molecule has 1 N–H and O–H groups in total. The molecule has 0 unspecified atom stereocenters. The number of benzene rings is 1. The Morgan fingerprint density at radius 1 is 1.25 bits per heavy atom. The van der Waals surface area contributed by atoms with E-state index in [4.69, 9.17) is 9.47 Å². The number of hydrogen-bond acceptors (Lipinski definition) is 4. The van der Waals surface area contributed by atoms with E-state index in [1.54, 1.807) is 0 Å². The molecule has 3 atom stereocenters. The smallest absolute Gasteiger partial charge is 0.123 e. The minimum absolute atomic E-state index is 0.0153. The lowest BCUT2D eigenvalue weighted by Gasteiger charge is -2.36. The number of aliphatic hydroxyl groups is 1. The standard InChI is InChI=1S/C20H33NO3/c1-14-7-8-19(18(9-14)20(4,5)6)23-13-17(22)12-21-10-15(2)24-16(3)11-21/h7-9,15-17,22H,10-13H2,1-6H3/t15-,16+,17-/m0/s1. The van der Waals surface area contributed by atoms with E-state index in [1.165, 1.54) is 11.1 Å². The molecule has 1 aromatic carbocycles. The number of aliphatic hydroxyl groups excluding tert-OH is 1. The average Bonchev–Trinajstić information content (AvgIpc) is 2.43. The van der Waals surface area contributed by atoms with Crippen LogP contribution < -0.4 is 4.74 Å². The van der Waals surface area contributed by atoms with Crippen LogP contribution in [0.25, 0.3) is 0 Å². The van der Waals surface area contributed by atoms with Crippen LogP contribution in [-0.2, 0) is 10.2 Å². The lowest BCUT2D eigenvalue weighted by Crippen LogP contribution is -2.48. The number of morpholine rings is 1. The molecule has 1 aliphatic heterocycles. The normalized spacial score (nSPS) is 24.0. The van der Waals surface area contributed by atoms with Gasteiger partial charge >= 0.3 is 0 Å². The summed E-state index contributed by atoms with van der Waals surface area (Å²) in [5.74, 6) is 0.871. The second kappa shape index (κ2) is 7.85. The van der Waals surface area contributed by atoms with E-state index in [2.05, 4.69) is 58.6 Å². The molecule has 0 aliphatic carbocycles. The maximum atomic E-state index is 10.4. The highest BCUT2D eigenvalue weighted by atomic mass is 16.5. The zero-order valence-corrected chi connectivity index (χ0v) is 16.0. The molecule has 1 saturated heterocycles. The lowest BCUT2D eigenvalue weighted by atomic mass is 9.85. The summed E-state index contributed by atoms with van der Waals surface area (Å²) in [5.41, 5.74) is 2.42. The summed E-state index contributed by atoms with van der Waals surface area (Å²) < 4.78 is 11.7. The van der Waals surface area contributed by atoms with Crippen molar-refractivity contribution in [3.63, 3.8) is 0 Å². The Kier molecular flexibility index (Phi) is 6.29. The highest BCUT2D eigenvalue weighted by Gasteiger charge is 2.24. The molecule has 0 radical (unpaired) electrons. The van der Waals surface area contributed by atoms with E-state index in [1.807, 2.05) is 6.07 Å². The van der Waals surface area contributed by atoms with Crippen LogP contribution in [0.5, 0.6) is 5.75 Å². The Hall–Kier alpha value is -1.10. The lowest BCUT2D eigenvalue weighted by molar-refractivity contribution is -0.0787. The van der Waals surface area contributed by atoms with Crippen molar-refractivity contribution in [3.05, 3.63) is 29.3 Å². The molecular formula is C20H33NO3. The number of nitrogens with zero attached hydrogens (tertiary/aromatic N) is 1. The third-order valence-electron chi connectivity index (χ3n) is 4.34. The van der Waals surface area contributed by atoms with Crippen LogP contribution in [0, 0.1) is 6.92 Å². The molecule has 0 bridgehead atoms. The highest BCUT2D eigenvalue weighted by Crippen LogP contribution is 2.32. The molecule has 1 heterocycles. The largest absolute Gasteiger partial charge is 0.491 e. The van der Waals surface area contributed by atoms with Crippen molar-refractivity contribution >= 4 is 0 Å². The third kappa shape index (κ3) is 5.47. The summed E-state index contributed by atoms with van der Waals surface area (Å²) in [6, 6.07) is 6.25. The summed E-state index contributed by atoms with van der Waals surface area (Å²) in [5, 5.41) is 10.4. The Morgan fingerprint density at radius 3 is 2.46 bits per heavy atom. The first-order chi connectivity index (χ1) is 11.1. The molecule has 0 aromatic heterocycles. The number of β-amino-alcohol motifs (C(OH)–C–C–N with tert-alkyl or cyclic N) is 1. The van der Waals surface area contributed by atoms with Gasteiger partial charge in [0.1, 0.15) is 18.5 Å². The number of rotatable bonds is 5. The van der Waals surface area contributed by atoms with Crippen molar-refractivity contribution in [3.8, 4) is 5.75 Å². The fourth-order valence-electron chi connectivity index (χ4n) is 3.33. The van der Waals surface area contributed by atoms with E-state index in [0.717, 1.165) is 18.8 Å². The molecular weight excluding hydrogens is 302 g/mol. The molecule has 0 amide bonds. The van der Waals surface area contributed by atoms with Crippen LogP contribution in [0.2, 0.25) is 0 Å². The number of hydrogen-bond donors (Lipinski definition) is 1. The Labute approximate surface area is 146 Å². The summed E-state index contributed by atoms with van der Waals surface area (Å²) in [7, 11) is 0. The van der Waals surface area contributed by atoms with Gasteiger partial charge in [0.2, 0.25) is 0 Å². The third-order valence-corrected chi connectivity index (χ3v) is 4.34. The summed E-state index contributed by atoms with van der Waals surface area (Å²) in [6.45, 7) is 15.4. The first kappa shape index (κ1) is 19.2. The molecule has 1 aromatic rings. The van der Waals surface area contributed by atoms with Crippen LogP contribution in [-0.4, -0.2) is 54.6 Å². The fourth-order valence-corrected chi connectivity index (χ4v) is 3.33. The molecule has 24 heavy (non-hydrogen) atoms. The van der Waals surface area contributed by atoms with Gasteiger partial charge in [-0.15, -0.1) is 0 Å². The zero-order chi connectivity index (χ0) is 17.9. The van der Waals surface area contributed by atoms with Gasteiger partial charge in [-0.1, -0.05) is 38.5 Å². The van der Waals surface area contributed by atoms with E-state index < -0.39 is 6.10 Å². The van der Waals surface area contributed by atoms with Crippen molar-refractivity contribution in [1.82, 2.24) is 4.90 Å². The van der Waals surface area contributed by atoms with Gasteiger partial charge in [0.15, 0.2) is 0 Å². The van der Waals surface area contributed by atoms with Gasteiger partial charge in [0.25, 0.3) is 0 Å². The van der Waals surface area contributed by atoms with Crippen LogP contribution in [0.4, 0.5) is 0 Å². The van der Waals surface area contributed by atoms with E-state index in [-0.39, 0.29) is 17.6 Å². The van der Waals surface area contributed by atoms with Crippen LogP contribution in [0.15, 0.2) is 18.2 Å². The van der Waals surface area contributed by atoms with Gasteiger partial charge in [-0.05, 0) is 37.8 Å². The van der Waals surface area contributed by atoms with Gasteiger partial charge in [0.05, 0.1) is 12.2 Å². The van der Waals surface area contributed by atoms with Crippen LogP contribution in [0.3, 0.4) is 0 Å². The summed E-state index contributed by atoms with van der Waals surface area (Å²) in [4.78, 5) is 2.26. The molecule has 4 heteroatoms. The molecule has 4 nitrogen and oxygen atoms in total. The van der Waals surface area contributed by atoms with Gasteiger partial charge in [0, 0.05) is 19.6 Å². The van der Waals surface area contributed by atoms with E-state index >= 15 is 0 Å². The first-order valence-corrected chi connectivity index (χ1v) is 8.95. The Balaban J connectivity index is 1.93. The quantitative estimate of drug-likeness (QED) is 0.898. The van der Waals surface area contributed by atoms with Gasteiger partial charge in [-0.2, -0.15) is 0 Å². The van der Waals surface area contributed by atoms with Crippen LogP contribution in [0.1, 0.15) is 45.7 Å². The monoisotopic (exact) mass is 335 g/mol. The fraction of sp³-hybridized carbons (Fsp3) is 0.700. The summed E-state index contributed by atoms with van der Waals surface area (Å²) in [6.07, 6.45) is -0.0745. The van der Waals surface area contributed by atoms with E-state index in [9.17, 15) is 5.11 Å². The van der Waals surface area contributed by atoms with Crippen molar-refractivity contribution < 1.29 is 14.6 Å². The molecule has 0 spiro atoms. The Morgan fingerprint density at radius 2 is 1.88 bits per heavy atom. The molecule has 2 rings (SSSR count). The topological polar surface area (TPSA) is 41.9 Å². The zero-order valence-electron chi connectivity index (χ0n) is 16.0. The minimum atomic E-state index is -0.503. The summed E-state index contributed by atoms with van der Waals surface area (Å²) >= 11 is 0. The van der Waals surface area contributed by atoms with Crippen molar-refractivity contribution in [2.24, 2.45) is 0 Å². The highest BCUT2D eigenvalue weighted by molar-refractivity contribution is 5.41. The molecule has 1 aliphatic rings. The average molecular weight is 335 g/mol.